The number of urea groups is 1. The summed E-state index contributed by atoms with van der Waals surface area (Å²) < 4.78 is 4.83. The number of carbonyl (C=O) groups is 2. The first-order valence-electron chi connectivity index (χ1n) is 6.11. The van der Waals surface area contributed by atoms with E-state index in [9.17, 15) is 9.59 Å². The zero-order valence-electron chi connectivity index (χ0n) is 11.1. The zero-order valence-corrected chi connectivity index (χ0v) is 11.1. The number of hydrogen-bond acceptors (Lipinski definition) is 4. The maximum absolute atomic E-state index is 12.0. The van der Waals surface area contributed by atoms with Gasteiger partial charge in [0.15, 0.2) is 0 Å². The highest BCUT2D eigenvalue weighted by molar-refractivity contribution is 5.83. The predicted octanol–water partition coefficient (Wildman–Crippen LogP) is -1.29. The van der Waals surface area contributed by atoms with Gasteiger partial charge in [0.05, 0.1) is 6.61 Å². The number of hydrogen-bond donors (Lipinski definition) is 2. The summed E-state index contributed by atoms with van der Waals surface area (Å²) in [5.74, 6) is -0.168. The second-order valence-corrected chi connectivity index (χ2v) is 4.22. The van der Waals surface area contributed by atoms with Crippen LogP contribution in [-0.2, 0) is 9.53 Å². The van der Waals surface area contributed by atoms with Gasteiger partial charge < -0.3 is 25.2 Å². The van der Waals surface area contributed by atoms with E-state index in [1.807, 2.05) is 0 Å². The van der Waals surface area contributed by atoms with Crippen LogP contribution in [0.4, 0.5) is 4.79 Å². The van der Waals surface area contributed by atoms with Crippen LogP contribution in [0.15, 0.2) is 0 Å². The van der Waals surface area contributed by atoms with Crippen molar-refractivity contribution in [2.24, 2.45) is 0 Å². The Morgan fingerprint density at radius 3 is 2.67 bits per heavy atom. The van der Waals surface area contributed by atoms with Crippen molar-refractivity contribution in [3.8, 4) is 0 Å². The maximum Gasteiger partial charge on any atom is 0.320 e. The van der Waals surface area contributed by atoms with Gasteiger partial charge in [-0.2, -0.15) is 0 Å². The smallest absolute Gasteiger partial charge is 0.320 e. The standard InChI is InChI=1S/C11H22N4O3/c1-14(9-10(16)13-5-8-18-2)11(17)15-6-3-12-4-7-15/h12H,3-9H2,1-2H3,(H,13,16). The summed E-state index contributed by atoms with van der Waals surface area (Å²) in [6, 6.07) is -0.0987. The molecule has 0 unspecified atom stereocenters. The Bertz CT molecular complexity index is 279. The second kappa shape index (κ2) is 7.88. The van der Waals surface area contributed by atoms with E-state index in [-0.39, 0.29) is 18.5 Å². The lowest BCUT2D eigenvalue weighted by Crippen LogP contribution is -2.52. The summed E-state index contributed by atoms with van der Waals surface area (Å²) in [7, 11) is 3.21. The first kappa shape index (κ1) is 14.7. The summed E-state index contributed by atoms with van der Waals surface area (Å²) >= 11 is 0. The van der Waals surface area contributed by atoms with Crippen molar-refractivity contribution in [1.82, 2.24) is 20.4 Å². The van der Waals surface area contributed by atoms with Gasteiger partial charge in [-0.1, -0.05) is 0 Å². The van der Waals surface area contributed by atoms with Gasteiger partial charge in [0, 0.05) is 46.9 Å². The summed E-state index contributed by atoms with van der Waals surface area (Å²) in [5.41, 5.74) is 0. The Kier molecular flexibility index (Phi) is 6.45. The molecular weight excluding hydrogens is 236 g/mol. The molecule has 0 atom stereocenters. The van der Waals surface area contributed by atoms with Crippen LogP contribution >= 0.6 is 0 Å². The van der Waals surface area contributed by atoms with Crippen LogP contribution in [0.2, 0.25) is 0 Å². The molecule has 0 radical (unpaired) electrons. The minimum atomic E-state index is -0.168. The van der Waals surface area contributed by atoms with Crippen molar-refractivity contribution in [3.63, 3.8) is 0 Å². The highest BCUT2D eigenvalue weighted by atomic mass is 16.5. The average molecular weight is 258 g/mol. The summed E-state index contributed by atoms with van der Waals surface area (Å²) in [6.07, 6.45) is 0. The van der Waals surface area contributed by atoms with Crippen molar-refractivity contribution < 1.29 is 14.3 Å². The van der Waals surface area contributed by atoms with Gasteiger partial charge in [-0.25, -0.2) is 4.79 Å². The summed E-state index contributed by atoms with van der Waals surface area (Å²) in [6.45, 7) is 4.00. The highest BCUT2D eigenvalue weighted by Gasteiger charge is 2.20. The molecule has 1 fully saturated rings. The van der Waals surface area contributed by atoms with Crippen molar-refractivity contribution >= 4 is 11.9 Å². The van der Waals surface area contributed by atoms with Crippen LogP contribution in [-0.4, -0.2) is 81.8 Å². The van der Waals surface area contributed by atoms with Crippen LogP contribution < -0.4 is 10.6 Å². The molecule has 0 aromatic heterocycles. The van der Waals surface area contributed by atoms with Gasteiger partial charge >= 0.3 is 6.03 Å². The number of carbonyl (C=O) groups excluding carboxylic acids is 2. The molecule has 104 valence electrons. The number of methoxy groups -OCH3 is 1. The van der Waals surface area contributed by atoms with E-state index in [0.717, 1.165) is 13.1 Å². The topological polar surface area (TPSA) is 73.9 Å². The van der Waals surface area contributed by atoms with E-state index in [2.05, 4.69) is 10.6 Å². The number of rotatable bonds is 5. The zero-order chi connectivity index (χ0) is 13.4. The van der Waals surface area contributed by atoms with E-state index in [0.29, 0.717) is 26.2 Å². The van der Waals surface area contributed by atoms with E-state index >= 15 is 0 Å². The predicted molar refractivity (Wildman–Crippen MR) is 67.4 cm³/mol. The summed E-state index contributed by atoms with van der Waals surface area (Å²) in [4.78, 5) is 26.7. The molecule has 1 aliphatic heterocycles. The Labute approximate surface area is 107 Å². The van der Waals surface area contributed by atoms with Crippen molar-refractivity contribution in [2.75, 3.05) is 60.0 Å². The second-order valence-electron chi connectivity index (χ2n) is 4.22. The Balaban J connectivity index is 2.27. The maximum atomic E-state index is 12.0. The molecule has 7 heteroatoms. The third-order valence-corrected chi connectivity index (χ3v) is 2.72. The number of nitrogens with zero attached hydrogens (tertiary/aromatic N) is 2. The molecule has 18 heavy (non-hydrogen) atoms. The number of piperazine rings is 1. The van der Waals surface area contributed by atoms with E-state index in [1.165, 1.54) is 4.90 Å². The first-order valence-corrected chi connectivity index (χ1v) is 6.11. The van der Waals surface area contributed by atoms with Gasteiger partial charge in [-0.3, -0.25) is 4.79 Å². The molecule has 0 aliphatic carbocycles. The molecule has 2 N–H and O–H groups in total. The SMILES string of the molecule is COCCNC(=O)CN(C)C(=O)N1CCNCC1. The van der Waals surface area contributed by atoms with E-state index in [1.54, 1.807) is 19.1 Å². The molecule has 3 amide bonds. The quantitative estimate of drug-likeness (QED) is 0.602. The molecule has 0 spiro atoms. The lowest BCUT2D eigenvalue weighted by Gasteiger charge is -2.31. The van der Waals surface area contributed by atoms with Crippen LogP contribution in [0.25, 0.3) is 0 Å². The number of likely N-dealkylation sites (N-methyl/N-ethyl adjacent to an activating group) is 1. The highest BCUT2D eigenvalue weighted by Crippen LogP contribution is 1.98. The molecule has 0 aromatic rings. The van der Waals surface area contributed by atoms with Crippen molar-refractivity contribution in [2.45, 2.75) is 0 Å². The number of ether oxygens (including phenoxy) is 1. The fourth-order valence-electron chi connectivity index (χ4n) is 1.73. The normalized spacial score (nSPS) is 15.3. The third kappa shape index (κ3) is 4.89. The molecule has 1 saturated heterocycles. The van der Waals surface area contributed by atoms with Crippen LogP contribution in [0, 0.1) is 0 Å². The number of amides is 3. The molecule has 1 rings (SSSR count). The lowest BCUT2D eigenvalue weighted by atomic mass is 10.4. The van der Waals surface area contributed by atoms with Gasteiger partial charge in [0.2, 0.25) is 5.91 Å². The van der Waals surface area contributed by atoms with E-state index in [4.69, 9.17) is 4.74 Å². The molecule has 0 aromatic carbocycles. The molecule has 1 aliphatic rings. The Morgan fingerprint density at radius 2 is 2.06 bits per heavy atom. The molecule has 1 heterocycles. The third-order valence-electron chi connectivity index (χ3n) is 2.72. The minimum absolute atomic E-state index is 0.0759. The summed E-state index contributed by atoms with van der Waals surface area (Å²) in [5, 5.41) is 5.86. The molecule has 0 bridgehead atoms. The van der Waals surface area contributed by atoms with Crippen LogP contribution in [0.3, 0.4) is 0 Å². The lowest BCUT2D eigenvalue weighted by molar-refractivity contribution is -0.121. The first-order chi connectivity index (χ1) is 8.65. The Morgan fingerprint density at radius 1 is 1.39 bits per heavy atom. The van der Waals surface area contributed by atoms with Crippen molar-refractivity contribution in [1.29, 1.82) is 0 Å². The molecular formula is C11H22N4O3. The van der Waals surface area contributed by atoms with Gasteiger partial charge in [0.1, 0.15) is 6.54 Å². The van der Waals surface area contributed by atoms with Crippen LogP contribution in [0.1, 0.15) is 0 Å². The Hall–Kier alpha value is -1.34. The van der Waals surface area contributed by atoms with Gasteiger partial charge in [-0.15, -0.1) is 0 Å². The monoisotopic (exact) mass is 258 g/mol. The van der Waals surface area contributed by atoms with Crippen molar-refractivity contribution in [3.05, 3.63) is 0 Å². The fourth-order valence-corrected chi connectivity index (χ4v) is 1.73. The van der Waals surface area contributed by atoms with Gasteiger partial charge in [0.25, 0.3) is 0 Å². The molecule has 7 nitrogen and oxygen atoms in total. The minimum Gasteiger partial charge on any atom is -0.383 e. The average Bonchev–Trinajstić information content (AvgIpc) is 2.39. The molecule has 0 saturated carbocycles. The number of nitrogens with one attached hydrogen (secondary N) is 2. The largest absolute Gasteiger partial charge is 0.383 e. The van der Waals surface area contributed by atoms with Crippen LogP contribution in [0.5, 0.6) is 0 Å². The van der Waals surface area contributed by atoms with E-state index < -0.39 is 0 Å². The van der Waals surface area contributed by atoms with Gasteiger partial charge in [-0.05, 0) is 0 Å². The fraction of sp³-hybridized carbons (Fsp3) is 0.818.